The van der Waals surface area contributed by atoms with Crippen LogP contribution in [0.1, 0.15) is 23.0 Å². The van der Waals surface area contributed by atoms with Crippen LogP contribution in [0.2, 0.25) is 5.02 Å². The fourth-order valence-electron chi connectivity index (χ4n) is 2.58. The average molecular weight is 359 g/mol. The molecule has 0 atom stereocenters. The second kappa shape index (κ2) is 7.07. The van der Waals surface area contributed by atoms with E-state index in [0.29, 0.717) is 22.0 Å². The minimum absolute atomic E-state index is 0.152. The molecule has 0 fully saturated rings. The van der Waals surface area contributed by atoms with Crippen LogP contribution >= 0.6 is 11.6 Å². The number of aromatic nitrogens is 2. The standard InChI is InChI=1S/C19H16ClFN2O2/c1-3-25-19(24)17-11-18(13-7-12(2)8-15(21)9-13)23(22-17)16-6-4-5-14(20)10-16/h4-11H,3H2,1-2H3. The zero-order valence-corrected chi connectivity index (χ0v) is 14.5. The summed E-state index contributed by atoms with van der Waals surface area (Å²) in [6.07, 6.45) is 0. The summed E-state index contributed by atoms with van der Waals surface area (Å²) >= 11 is 6.07. The van der Waals surface area contributed by atoms with E-state index in [9.17, 15) is 9.18 Å². The molecular weight excluding hydrogens is 343 g/mol. The number of hydrogen-bond acceptors (Lipinski definition) is 3. The van der Waals surface area contributed by atoms with Crippen molar-refractivity contribution in [2.24, 2.45) is 0 Å². The predicted octanol–water partition coefficient (Wildman–Crippen LogP) is 4.82. The molecule has 3 aromatic rings. The summed E-state index contributed by atoms with van der Waals surface area (Å²) in [5, 5.41) is 4.87. The molecule has 4 nitrogen and oxygen atoms in total. The maximum absolute atomic E-state index is 13.9. The summed E-state index contributed by atoms with van der Waals surface area (Å²) in [4.78, 5) is 12.1. The Hall–Kier alpha value is -2.66. The van der Waals surface area contributed by atoms with Gasteiger partial charge in [0.1, 0.15) is 5.82 Å². The fraction of sp³-hybridized carbons (Fsp3) is 0.158. The van der Waals surface area contributed by atoms with Crippen LogP contribution in [0.25, 0.3) is 16.9 Å². The van der Waals surface area contributed by atoms with E-state index in [2.05, 4.69) is 5.10 Å². The van der Waals surface area contributed by atoms with Crippen LogP contribution in [-0.4, -0.2) is 22.4 Å². The molecule has 0 radical (unpaired) electrons. The number of halogens is 2. The number of hydrogen-bond donors (Lipinski definition) is 0. The van der Waals surface area contributed by atoms with Crippen molar-refractivity contribution < 1.29 is 13.9 Å². The molecule has 0 bridgehead atoms. The first-order valence-electron chi connectivity index (χ1n) is 7.78. The highest BCUT2D eigenvalue weighted by molar-refractivity contribution is 6.30. The molecule has 128 valence electrons. The van der Waals surface area contributed by atoms with Crippen molar-refractivity contribution in [3.05, 3.63) is 70.6 Å². The Kier molecular flexibility index (Phi) is 4.86. The van der Waals surface area contributed by atoms with Gasteiger partial charge in [-0.2, -0.15) is 5.10 Å². The minimum Gasteiger partial charge on any atom is -0.461 e. The SMILES string of the molecule is CCOC(=O)c1cc(-c2cc(C)cc(F)c2)n(-c2cccc(Cl)c2)n1. The number of carbonyl (C=O) groups is 1. The van der Waals surface area contributed by atoms with Gasteiger partial charge in [0.15, 0.2) is 5.69 Å². The van der Waals surface area contributed by atoms with Crippen molar-refractivity contribution in [3.63, 3.8) is 0 Å². The largest absolute Gasteiger partial charge is 0.461 e. The molecule has 1 aromatic heterocycles. The molecule has 1 heterocycles. The second-order valence-corrected chi connectivity index (χ2v) is 5.98. The van der Waals surface area contributed by atoms with E-state index in [4.69, 9.17) is 16.3 Å². The summed E-state index contributed by atoms with van der Waals surface area (Å²) in [5.41, 5.74) is 2.78. The van der Waals surface area contributed by atoms with E-state index in [0.717, 1.165) is 5.56 Å². The van der Waals surface area contributed by atoms with Gasteiger partial charge in [-0.25, -0.2) is 13.9 Å². The van der Waals surface area contributed by atoms with Gasteiger partial charge in [-0.15, -0.1) is 0 Å². The monoisotopic (exact) mass is 358 g/mol. The molecule has 0 aliphatic rings. The summed E-state index contributed by atoms with van der Waals surface area (Å²) in [7, 11) is 0. The summed E-state index contributed by atoms with van der Waals surface area (Å²) in [5.74, 6) is -0.885. The van der Waals surface area contributed by atoms with Crippen LogP contribution < -0.4 is 0 Å². The number of carbonyl (C=O) groups excluding carboxylic acids is 1. The number of rotatable bonds is 4. The minimum atomic E-state index is -0.530. The number of aryl methyl sites for hydroxylation is 1. The van der Waals surface area contributed by atoms with Crippen molar-refractivity contribution >= 4 is 17.6 Å². The molecule has 0 aliphatic heterocycles. The number of nitrogens with zero attached hydrogens (tertiary/aromatic N) is 2. The zero-order chi connectivity index (χ0) is 18.0. The quantitative estimate of drug-likeness (QED) is 0.628. The average Bonchev–Trinajstić information content (AvgIpc) is 2.99. The van der Waals surface area contributed by atoms with E-state index in [-0.39, 0.29) is 18.1 Å². The number of esters is 1. The van der Waals surface area contributed by atoms with Crippen LogP contribution in [0.4, 0.5) is 4.39 Å². The third-order valence-electron chi connectivity index (χ3n) is 3.58. The van der Waals surface area contributed by atoms with Crippen molar-refractivity contribution in [1.82, 2.24) is 9.78 Å². The van der Waals surface area contributed by atoms with Gasteiger partial charge in [0.2, 0.25) is 0 Å². The fourth-order valence-corrected chi connectivity index (χ4v) is 2.76. The first kappa shape index (κ1) is 17.2. The summed E-state index contributed by atoms with van der Waals surface area (Å²) in [6.45, 7) is 3.78. The van der Waals surface area contributed by atoms with Crippen LogP contribution in [0.15, 0.2) is 48.5 Å². The molecule has 0 saturated heterocycles. The van der Waals surface area contributed by atoms with Crippen LogP contribution in [0.5, 0.6) is 0 Å². The summed E-state index contributed by atoms with van der Waals surface area (Å²) < 4.78 is 20.4. The van der Waals surface area contributed by atoms with Gasteiger partial charge in [-0.05, 0) is 61.9 Å². The molecule has 0 unspecified atom stereocenters. The summed E-state index contributed by atoms with van der Waals surface area (Å²) in [6, 6.07) is 13.3. The third-order valence-corrected chi connectivity index (χ3v) is 3.82. The molecule has 3 rings (SSSR count). The highest BCUT2D eigenvalue weighted by atomic mass is 35.5. The Labute approximate surface area is 149 Å². The van der Waals surface area contributed by atoms with Gasteiger partial charge >= 0.3 is 5.97 Å². The molecule has 2 aromatic carbocycles. The molecule has 0 spiro atoms. The molecule has 0 aliphatic carbocycles. The van der Waals surface area contributed by atoms with Crippen molar-refractivity contribution in [3.8, 4) is 16.9 Å². The lowest BCUT2D eigenvalue weighted by Gasteiger charge is -2.09. The Balaban J connectivity index is 2.19. The normalized spacial score (nSPS) is 10.7. The smallest absolute Gasteiger partial charge is 0.358 e. The number of benzene rings is 2. The van der Waals surface area contributed by atoms with Gasteiger partial charge in [0.25, 0.3) is 0 Å². The number of ether oxygens (including phenoxy) is 1. The van der Waals surface area contributed by atoms with Crippen molar-refractivity contribution in [2.75, 3.05) is 6.61 Å². The van der Waals surface area contributed by atoms with Crippen molar-refractivity contribution in [1.29, 1.82) is 0 Å². The lowest BCUT2D eigenvalue weighted by molar-refractivity contribution is 0.0519. The predicted molar refractivity (Wildman–Crippen MR) is 94.7 cm³/mol. The van der Waals surface area contributed by atoms with Gasteiger partial charge in [0, 0.05) is 10.6 Å². The second-order valence-electron chi connectivity index (χ2n) is 5.54. The van der Waals surface area contributed by atoms with E-state index < -0.39 is 5.97 Å². The Morgan fingerprint density at radius 3 is 2.72 bits per heavy atom. The lowest BCUT2D eigenvalue weighted by Crippen LogP contribution is -2.06. The lowest BCUT2D eigenvalue weighted by atomic mass is 10.1. The van der Waals surface area contributed by atoms with Crippen LogP contribution in [0, 0.1) is 12.7 Å². The first-order valence-corrected chi connectivity index (χ1v) is 8.16. The maximum Gasteiger partial charge on any atom is 0.358 e. The van der Waals surface area contributed by atoms with Crippen LogP contribution in [-0.2, 0) is 4.74 Å². The van der Waals surface area contributed by atoms with Gasteiger partial charge < -0.3 is 4.74 Å². The Morgan fingerprint density at radius 2 is 2.04 bits per heavy atom. The third kappa shape index (κ3) is 3.72. The molecule has 25 heavy (non-hydrogen) atoms. The Bertz CT molecular complexity index is 917. The maximum atomic E-state index is 13.9. The molecule has 0 amide bonds. The molecule has 0 saturated carbocycles. The van der Waals surface area contributed by atoms with Gasteiger partial charge in [-0.3, -0.25) is 0 Å². The van der Waals surface area contributed by atoms with Gasteiger partial charge in [-0.1, -0.05) is 17.7 Å². The molecular formula is C19H16ClFN2O2. The van der Waals surface area contributed by atoms with E-state index >= 15 is 0 Å². The Morgan fingerprint density at radius 1 is 1.24 bits per heavy atom. The molecule has 0 N–H and O–H groups in total. The highest BCUT2D eigenvalue weighted by Crippen LogP contribution is 2.27. The van der Waals surface area contributed by atoms with E-state index in [1.807, 2.05) is 12.1 Å². The van der Waals surface area contributed by atoms with E-state index in [1.165, 1.54) is 12.1 Å². The van der Waals surface area contributed by atoms with E-state index in [1.54, 1.807) is 42.8 Å². The highest BCUT2D eigenvalue weighted by Gasteiger charge is 2.18. The van der Waals surface area contributed by atoms with Crippen molar-refractivity contribution in [2.45, 2.75) is 13.8 Å². The zero-order valence-electron chi connectivity index (χ0n) is 13.8. The topological polar surface area (TPSA) is 44.1 Å². The molecule has 6 heteroatoms. The van der Waals surface area contributed by atoms with Gasteiger partial charge in [0.05, 0.1) is 18.0 Å². The first-order chi connectivity index (χ1) is 12.0. The van der Waals surface area contributed by atoms with Crippen LogP contribution in [0.3, 0.4) is 0 Å².